The van der Waals surface area contributed by atoms with Crippen LogP contribution in [0.25, 0.3) is 33.7 Å². The first-order chi connectivity index (χ1) is 15.8. The number of pyridine rings is 1. The standard InChI is InChI=1S/C22H19N9O/c23-10-17(31-13-15(12-27-31)20-26-11-14-5-7-24-19(14)29-20)9-16-3-2-8-30(16)22-28-18-4-1-6-25-21(18)32-22/h1,4-7,11-13,16-17H,2-3,8-9H2,(H,24,26,29). The van der Waals surface area contributed by atoms with Crippen LogP contribution in [0.5, 0.6) is 0 Å². The van der Waals surface area contributed by atoms with Gasteiger partial charge >= 0.3 is 0 Å². The molecule has 0 radical (unpaired) electrons. The largest absolute Gasteiger partial charge is 0.404 e. The smallest absolute Gasteiger partial charge is 0.300 e. The fraction of sp³-hybridized carbons (Fsp3) is 0.273. The molecule has 2 atom stereocenters. The zero-order valence-electron chi connectivity index (χ0n) is 17.1. The number of anilines is 1. The Labute approximate surface area is 182 Å². The van der Waals surface area contributed by atoms with E-state index in [0.29, 0.717) is 24.0 Å². The number of nitriles is 1. The quantitative estimate of drug-likeness (QED) is 0.454. The fourth-order valence-corrected chi connectivity index (χ4v) is 4.29. The van der Waals surface area contributed by atoms with Crippen LogP contribution in [0, 0.1) is 11.3 Å². The first-order valence-electron chi connectivity index (χ1n) is 10.5. The van der Waals surface area contributed by atoms with Crippen LogP contribution < -0.4 is 4.90 Å². The van der Waals surface area contributed by atoms with Gasteiger partial charge in [0.15, 0.2) is 5.82 Å². The predicted octanol–water partition coefficient (Wildman–Crippen LogP) is 3.48. The Hall–Kier alpha value is -4.26. The summed E-state index contributed by atoms with van der Waals surface area (Å²) < 4.78 is 7.57. The van der Waals surface area contributed by atoms with Gasteiger partial charge in [0.05, 0.1) is 17.8 Å². The average Bonchev–Trinajstić information content (AvgIpc) is 3.61. The highest BCUT2D eigenvalue weighted by molar-refractivity contribution is 5.76. The van der Waals surface area contributed by atoms with Gasteiger partial charge in [-0.15, -0.1) is 0 Å². The van der Waals surface area contributed by atoms with E-state index >= 15 is 0 Å². The number of nitrogens with zero attached hydrogens (tertiary/aromatic N) is 8. The number of hydrogen-bond donors (Lipinski definition) is 1. The molecule has 158 valence electrons. The molecule has 0 saturated carbocycles. The molecule has 0 amide bonds. The highest BCUT2D eigenvalue weighted by atomic mass is 16.4. The number of H-pyrrole nitrogens is 1. The van der Waals surface area contributed by atoms with E-state index in [9.17, 15) is 5.26 Å². The topological polar surface area (TPSA) is 125 Å². The Balaban J connectivity index is 1.23. The van der Waals surface area contributed by atoms with Crippen molar-refractivity contribution >= 4 is 28.3 Å². The van der Waals surface area contributed by atoms with E-state index in [4.69, 9.17) is 4.42 Å². The maximum atomic E-state index is 9.89. The van der Waals surface area contributed by atoms with Crippen molar-refractivity contribution in [3.8, 4) is 17.5 Å². The molecule has 0 aliphatic carbocycles. The number of oxazole rings is 1. The van der Waals surface area contributed by atoms with Crippen LogP contribution in [-0.2, 0) is 0 Å². The number of nitrogens with one attached hydrogen (secondary N) is 1. The van der Waals surface area contributed by atoms with Crippen LogP contribution in [0.1, 0.15) is 25.3 Å². The molecule has 10 nitrogen and oxygen atoms in total. The highest BCUT2D eigenvalue weighted by Crippen LogP contribution is 2.32. The van der Waals surface area contributed by atoms with Crippen molar-refractivity contribution in [1.29, 1.82) is 5.26 Å². The van der Waals surface area contributed by atoms with E-state index in [1.165, 1.54) is 0 Å². The van der Waals surface area contributed by atoms with Crippen LogP contribution >= 0.6 is 0 Å². The molecule has 32 heavy (non-hydrogen) atoms. The lowest BCUT2D eigenvalue weighted by Crippen LogP contribution is -2.31. The van der Waals surface area contributed by atoms with E-state index in [0.717, 1.165) is 41.5 Å². The summed E-state index contributed by atoms with van der Waals surface area (Å²) in [6, 6.07) is 8.32. The molecule has 6 heterocycles. The molecule has 0 spiro atoms. The van der Waals surface area contributed by atoms with Gasteiger partial charge in [0.25, 0.3) is 6.01 Å². The molecule has 1 fully saturated rings. The normalized spacial score (nSPS) is 17.2. The fourth-order valence-electron chi connectivity index (χ4n) is 4.29. The highest BCUT2D eigenvalue weighted by Gasteiger charge is 2.31. The van der Waals surface area contributed by atoms with Gasteiger partial charge in [-0.2, -0.15) is 15.3 Å². The summed E-state index contributed by atoms with van der Waals surface area (Å²) in [5.74, 6) is 0.573. The van der Waals surface area contributed by atoms with Gasteiger partial charge in [0.2, 0.25) is 5.71 Å². The average molecular weight is 425 g/mol. The second-order valence-electron chi connectivity index (χ2n) is 7.88. The van der Waals surface area contributed by atoms with Crippen LogP contribution in [0.2, 0.25) is 0 Å². The van der Waals surface area contributed by atoms with Crippen molar-refractivity contribution in [3.05, 3.63) is 49.2 Å². The van der Waals surface area contributed by atoms with Crippen LogP contribution in [0.3, 0.4) is 0 Å². The molecule has 0 bridgehead atoms. The van der Waals surface area contributed by atoms with E-state index in [1.807, 2.05) is 30.6 Å². The second-order valence-corrected chi connectivity index (χ2v) is 7.88. The number of aromatic nitrogens is 7. The molecule has 1 N–H and O–H groups in total. The maximum absolute atomic E-state index is 9.89. The van der Waals surface area contributed by atoms with Gasteiger partial charge in [-0.25, -0.2) is 15.0 Å². The van der Waals surface area contributed by atoms with Crippen molar-refractivity contribution in [2.24, 2.45) is 0 Å². The molecule has 1 aliphatic rings. The van der Waals surface area contributed by atoms with Gasteiger partial charge < -0.3 is 14.3 Å². The summed E-state index contributed by atoms with van der Waals surface area (Å²) in [5.41, 5.74) is 2.81. The van der Waals surface area contributed by atoms with Gasteiger partial charge in [-0.1, -0.05) is 0 Å². The summed E-state index contributed by atoms with van der Waals surface area (Å²) >= 11 is 0. The lowest BCUT2D eigenvalue weighted by molar-refractivity contribution is 0.444. The van der Waals surface area contributed by atoms with Crippen LogP contribution in [-0.4, -0.2) is 47.3 Å². The Morgan fingerprint density at radius 2 is 2.22 bits per heavy atom. The van der Waals surface area contributed by atoms with Crippen LogP contribution in [0.15, 0.2) is 53.6 Å². The first-order valence-corrected chi connectivity index (χ1v) is 10.5. The van der Waals surface area contributed by atoms with Gasteiger partial charge in [-0.05, 0) is 31.0 Å². The Kier molecular flexibility index (Phi) is 4.31. The molecule has 2 unspecified atom stereocenters. The summed E-state index contributed by atoms with van der Waals surface area (Å²) in [7, 11) is 0. The molecule has 1 aliphatic heterocycles. The van der Waals surface area contributed by atoms with Gasteiger partial charge in [0, 0.05) is 49.2 Å². The minimum Gasteiger partial charge on any atom is -0.404 e. The first kappa shape index (κ1) is 18.5. The third kappa shape index (κ3) is 3.15. The monoisotopic (exact) mass is 425 g/mol. The SMILES string of the molecule is N#CC(CC1CCCN1c1nc2cccnc2o1)n1cc(-c2ncc3cc[nH]c3n2)cn1. The predicted molar refractivity (Wildman–Crippen MR) is 117 cm³/mol. The van der Waals surface area contributed by atoms with Crippen molar-refractivity contribution in [3.63, 3.8) is 0 Å². The third-order valence-corrected chi connectivity index (χ3v) is 5.90. The van der Waals surface area contributed by atoms with E-state index in [-0.39, 0.29) is 6.04 Å². The molecular weight excluding hydrogens is 406 g/mol. The van der Waals surface area contributed by atoms with Gasteiger partial charge in [-0.3, -0.25) is 4.68 Å². The van der Waals surface area contributed by atoms with Gasteiger partial charge in [0.1, 0.15) is 17.2 Å². The Bertz CT molecular complexity index is 1410. The zero-order valence-corrected chi connectivity index (χ0v) is 17.1. The Morgan fingerprint density at radius 3 is 3.12 bits per heavy atom. The van der Waals surface area contributed by atoms with Crippen molar-refractivity contribution in [2.75, 3.05) is 11.4 Å². The van der Waals surface area contributed by atoms with Crippen molar-refractivity contribution in [1.82, 2.24) is 34.7 Å². The summed E-state index contributed by atoms with van der Waals surface area (Å²) in [4.78, 5) is 23.0. The van der Waals surface area contributed by atoms with Crippen molar-refractivity contribution < 1.29 is 4.42 Å². The number of rotatable bonds is 5. The summed E-state index contributed by atoms with van der Waals surface area (Å²) in [6.45, 7) is 0.837. The number of aromatic amines is 1. The number of fused-ring (bicyclic) bond motifs is 2. The van der Waals surface area contributed by atoms with E-state index < -0.39 is 6.04 Å². The molecule has 6 rings (SSSR count). The van der Waals surface area contributed by atoms with Crippen molar-refractivity contribution in [2.45, 2.75) is 31.3 Å². The molecule has 0 aromatic carbocycles. The second kappa shape index (κ2) is 7.46. The lowest BCUT2D eigenvalue weighted by Gasteiger charge is -2.24. The molecule has 1 saturated heterocycles. The summed E-state index contributed by atoms with van der Waals surface area (Å²) in [5, 5.41) is 15.3. The third-order valence-electron chi connectivity index (χ3n) is 5.90. The van der Waals surface area contributed by atoms with Crippen LogP contribution in [0.4, 0.5) is 6.01 Å². The number of hydrogen-bond acceptors (Lipinski definition) is 8. The van der Waals surface area contributed by atoms with E-state index in [1.54, 1.807) is 23.3 Å². The molecule has 5 aromatic rings. The minimum atomic E-state index is -0.425. The molecule has 10 heteroatoms. The minimum absolute atomic E-state index is 0.131. The van der Waals surface area contributed by atoms with E-state index in [2.05, 4.69) is 41.0 Å². The lowest BCUT2D eigenvalue weighted by atomic mass is 10.1. The molecular formula is C22H19N9O. The maximum Gasteiger partial charge on any atom is 0.300 e. The Morgan fingerprint density at radius 1 is 1.25 bits per heavy atom. The zero-order chi connectivity index (χ0) is 21.5. The molecule has 5 aromatic heterocycles. The summed E-state index contributed by atoms with van der Waals surface area (Å²) in [6.07, 6.45) is 11.4.